The fraction of sp³-hybridized carbons (Fsp3) is 0.650. The molecular formula is C20H31N3O5. The molecule has 1 amide bonds. The molecule has 8 nitrogen and oxygen atoms in total. The van der Waals surface area contributed by atoms with Crippen LogP contribution < -0.4 is 20.5 Å². The maximum Gasteiger partial charge on any atom is 0.249 e. The van der Waals surface area contributed by atoms with Crippen LogP contribution in [0.2, 0.25) is 0 Å². The Kier molecular flexibility index (Phi) is 7.50. The lowest BCUT2D eigenvalue weighted by Gasteiger charge is -2.35. The van der Waals surface area contributed by atoms with Gasteiger partial charge in [-0.1, -0.05) is 6.07 Å². The maximum atomic E-state index is 12.6. The molecule has 8 heteroatoms. The quantitative estimate of drug-likeness (QED) is 0.671. The molecule has 2 fully saturated rings. The van der Waals surface area contributed by atoms with Crippen molar-refractivity contribution in [2.75, 3.05) is 53.6 Å². The summed E-state index contributed by atoms with van der Waals surface area (Å²) in [6, 6.07) is 5.90. The average Bonchev–Trinajstić information content (AvgIpc) is 3.24. The van der Waals surface area contributed by atoms with Gasteiger partial charge >= 0.3 is 0 Å². The molecule has 0 bridgehead atoms. The van der Waals surface area contributed by atoms with Crippen LogP contribution in [-0.2, 0) is 14.3 Å². The van der Waals surface area contributed by atoms with E-state index in [0.717, 1.165) is 25.1 Å². The molecule has 0 radical (unpaired) electrons. The lowest BCUT2D eigenvalue weighted by atomic mass is 10.0. The van der Waals surface area contributed by atoms with Crippen LogP contribution in [-0.4, -0.2) is 76.6 Å². The normalized spacial score (nSPS) is 24.0. The van der Waals surface area contributed by atoms with E-state index >= 15 is 0 Å². The third-order valence-electron chi connectivity index (χ3n) is 5.41. The number of morpholine rings is 1. The van der Waals surface area contributed by atoms with Crippen molar-refractivity contribution >= 4 is 5.91 Å². The Morgan fingerprint density at radius 2 is 2.00 bits per heavy atom. The van der Waals surface area contributed by atoms with Gasteiger partial charge in [-0.15, -0.1) is 0 Å². The maximum absolute atomic E-state index is 12.6. The van der Waals surface area contributed by atoms with Gasteiger partial charge in [0.1, 0.15) is 6.10 Å². The number of nitrogens with zero attached hydrogens (tertiary/aromatic N) is 1. The molecule has 0 aromatic heterocycles. The first-order chi connectivity index (χ1) is 13.7. The Morgan fingerprint density at radius 1 is 1.25 bits per heavy atom. The second-order valence-corrected chi connectivity index (χ2v) is 7.08. The number of methoxy groups -OCH3 is 2. The molecule has 156 valence electrons. The van der Waals surface area contributed by atoms with Gasteiger partial charge in [0.25, 0.3) is 0 Å². The minimum absolute atomic E-state index is 0.0133. The Morgan fingerprint density at radius 3 is 2.64 bits per heavy atom. The van der Waals surface area contributed by atoms with Gasteiger partial charge in [0.15, 0.2) is 11.5 Å². The van der Waals surface area contributed by atoms with E-state index in [4.69, 9.17) is 24.7 Å². The van der Waals surface area contributed by atoms with E-state index < -0.39 is 6.10 Å². The zero-order valence-corrected chi connectivity index (χ0v) is 16.7. The number of amides is 1. The SMILES string of the molecule is COc1ccc(C(CNC(=O)[C@@H]2CC[C@H](CN)O2)N2CCOCC2)cc1OC. The van der Waals surface area contributed by atoms with E-state index in [1.165, 1.54) is 0 Å². The number of benzene rings is 1. The first-order valence-corrected chi connectivity index (χ1v) is 9.83. The lowest BCUT2D eigenvalue weighted by molar-refractivity contribution is -0.132. The summed E-state index contributed by atoms with van der Waals surface area (Å²) in [5, 5.41) is 3.07. The molecule has 2 aliphatic rings. The molecule has 3 rings (SSSR count). The summed E-state index contributed by atoms with van der Waals surface area (Å²) >= 11 is 0. The molecule has 0 aliphatic carbocycles. The van der Waals surface area contributed by atoms with E-state index in [9.17, 15) is 4.79 Å². The van der Waals surface area contributed by atoms with Crippen molar-refractivity contribution in [3.63, 3.8) is 0 Å². The summed E-state index contributed by atoms with van der Waals surface area (Å²) in [5.74, 6) is 1.28. The number of carbonyl (C=O) groups excluding carboxylic acids is 1. The molecular weight excluding hydrogens is 362 g/mol. The van der Waals surface area contributed by atoms with E-state index in [1.54, 1.807) is 14.2 Å². The van der Waals surface area contributed by atoms with Gasteiger partial charge in [-0.05, 0) is 30.5 Å². The van der Waals surface area contributed by atoms with E-state index in [1.807, 2.05) is 18.2 Å². The van der Waals surface area contributed by atoms with Crippen LogP contribution in [0.15, 0.2) is 18.2 Å². The van der Waals surface area contributed by atoms with Gasteiger partial charge in [-0.3, -0.25) is 9.69 Å². The fourth-order valence-electron chi connectivity index (χ4n) is 3.79. The Balaban J connectivity index is 1.71. The van der Waals surface area contributed by atoms with Gasteiger partial charge in [0.2, 0.25) is 5.91 Å². The minimum atomic E-state index is -0.413. The number of rotatable bonds is 8. The van der Waals surface area contributed by atoms with E-state index in [2.05, 4.69) is 10.2 Å². The van der Waals surface area contributed by atoms with Crippen molar-refractivity contribution in [3.05, 3.63) is 23.8 Å². The highest BCUT2D eigenvalue weighted by molar-refractivity contribution is 5.81. The largest absolute Gasteiger partial charge is 0.493 e. The average molecular weight is 393 g/mol. The third kappa shape index (κ3) is 4.94. The smallest absolute Gasteiger partial charge is 0.249 e. The second kappa shape index (κ2) is 10.1. The summed E-state index contributed by atoms with van der Waals surface area (Å²) in [4.78, 5) is 14.9. The Bertz CT molecular complexity index is 651. The number of hydrogen-bond acceptors (Lipinski definition) is 7. The molecule has 2 aliphatic heterocycles. The molecule has 0 spiro atoms. The number of carbonyl (C=O) groups is 1. The predicted octanol–water partition coefficient (Wildman–Crippen LogP) is 0.700. The summed E-state index contributed by atoms with van der Waals surface area (Å²) in [7, 11) is 3.24. The molecule has 1 aromatic carbocycles. The standard InChI is InChI=1S/C20H31N3O5/c1-25-17-5-3-14(11-19(17)26-2)16(23-7-9-27-10-8-23)13-22-20(24)18-6-4-15(12-21)28-18/h3,5,11,15-16,18H,4,6-10,12-13,21H2,1-2H3,(H,22,24)/t15-,16?,18+/m1/s1. The topological polar surface area (TPSA) is 95.3 Å². The molecule has 1 unspecified atom stereocenters. The Hall–Kier alpha value is -1.87. The summed E-state index contributed by atoms with van der Waals surface area (Å²) < 4.78 is 22.0. The number of nitrogens with two attached hydrogens (primary N) is 1. The predicted molar refractivity (Wildman–Crippen MR) is 105 cm³/mol. The molecule has 2 saturated heterocycles. The van der Waals surface area contributed by atoms with E-state index in [-0.39, 0.29) is 18.1 Å². The number of hydrogen-bond donors (Lipinski definition) is 2. The van der Waals surface area contributed by atoms with Crippen LogP contribution in [0.3, 0.4) is 0 Å². The van der Waals surface area contributed by atoms with Crippen molar-refractivity contribution in [2.45, 2.75) is 31.1 Å². The molecule has 3 N–H and O–H groups in total. The monoisotopic (exact) mass is 393 g/mol. The molecule has 1 aromatic rings. The highest BCUT2D eigenvalue weighted by Gasteiger charge is 2.31. The van der Waals surface area contributed by atoms with Gasteiger partial charge < -0.3 is 30.0 Å². The molecule has 3 atom stereocenters. The molecule has 0 saturated carbocycles. The zero-order chi connectivity index (χ0) is 19.9. The number of ether oxygens (including phenoxy) is 4. The molecule has 28 heavy (non-hydrogen) atoms. The Labute approximate surface area is 166 Å². The van der Waals surface area contributed by atoms with Gasteiger partial charge in [-0.25, -0.2) is 0 Å². The van der Waals surface area contributed by atoms with E-state index in [0.29, 0.717) is 44.2 Å². The first-order valence-electron chi connectivity index (χ1n) is 9.83. The van der Waals surface area contributed by atoms with Gasteiger partial charge in [-0.2, -0.15) is 0 Å². The lowest BCUT2D eigenvalue weighted by Crippen LogP contribution is -2.45. The summed E-state index contributed by atoms with van der Waals surface area (Å²) in [6.07, 6.45) is 1.12. The van der Waals surface area contributed by atoms with Gasteiger partial charge in [0.05, 0.1) is 39.6 Å². The van der Waals surface area contributed by atoms with Gasteiger partial charge in [0, 0.05) is 26.2 Å². The van der Waals surface area contributed by atoms with Crippen LogP contribution in [0, 0.1) is 0 Å². The fourth-order valence-corrected chi connectivity index (χ4v) is 3.79. The minimum Gasteiger partial charge on any atom is -0.493 e. The zero-order valence-electron chi connectivity index (χ0n) is 16.7. The van der Waals surface area contributed by atoms with Crippen molar-refractivity contribution in [3.8, 4) is 11.5 Å². The van der Waals surface area contributed by atoms with Crippen molar-refractivity contribution in [1.29, 1.82) is 0 Å². The second-order valence-electron chi connectivity index (χ2n) is 7.08. The number of nitrogens with one attached hydrogen (secondary N) is 1. The van der Waals surface area contributed by atoms with Crippen LogP contribution in [0.4, 0.5) is 0 Å². The highest BCUT2D eigenvalue weighted by Crippen LogP contribution is 2.32. The first kappa shape index (κ1) is 20.9. The van der Waals surface area contributed by atoms with Crippen LogP contribution in [0.5, 0.6) is 11.5 Å². The van der Waals surface area contributed by atoms with Crippen LogP contribution >= 0.6 is 0 Å². The summed E-state index contributed by atoms with van der Waals surface area (Å²) in [6.45, 7) is 3.92. The van der Waals surface area contributed by atoms with Crippen molar-refractivity contribution in [1.82, 2.24) is 10.2 Å². The van der Waals surface area contributed by atoms with Crippen molar-refractivity contribution in [2.24, 2.45) is 5.73 Å². The van der Waals surface area contributed by atoms with Crippen molar-refractivity contribution < 1.29 is 23.7 Å². The van der Waals surface area contributed by atoms with Crippen LogP contribution in [0.25, 0.3) is 0 Å². The highest BCUT2D eigenvalue weighted by atomic mass is 16.5. The van der Waals surface area contributed by atoms with Crippen LogP contribution in [0.1, 0.15) is 24.4 Å². The third-order valence-corrected chi connectivity index (χ3v) is 5.41. The molecule has 2 heterocycles. The summed E-state index contributed by atoms with van der Waals surface area (Å²) in [5.41, 5.74) is 6.71.